The van der Waals surface area contributed by atoms with Crippen LogP contribution in [0.15, 0.2) is 22.5 Å². The molecule has 0 saturated heterocycles. The molecule has 2 aromatic heterocycles. The molecule has 0 fully saturated rings. The maximum atomic E-state index is 12.6. The summed E-state index contributed by atoms with van der Waals surface area (Å²) >= 11 is 4.13. The molecule has 0 saturated carbocycles. The molecule has 0 aliphatic heterocycles. The fourth-order valence-corrected chi connectivity index (χ4v) is 6.41. The van der Waals surface area contributed by atoms with Crippen LogP contribution in [0.5, 0.6) is 5.75 Å². The van der Waals surface area contributed by atoms with E-state index in [2.05, 4.69) is 20.8 Å². The van der Waals surface area contributed by atoms with Gasteiger partial charge < -0.3 is 20.1 Å². The van der Waals surface area contributed by atoms with E-state index in [-0.39, 0.29) is 17.6 Å². The highest BCUT2D eigenvalue weighted by molar-refractivity contribution is 8.01. The quantitative estimate of drug-likeness (QED) is 0.308. The van der Waals surface area contributed by atoms with Crippen molar-refractivity contribution in [3.63, 3.8) is 0 Å². The van der Waals surface area contributed by atoms with Gasteiger partial charge in [0.25, 0.3) is 0 Å². The zero-order valence-corrected chi connectivity index (χ0v) is 21.0. The molecule has 4 rings (SSSR count). The van der Waals surface area contributed by atoms with Gasteiger partial charge >= 0.3 is 5.97 Å². The van der Waals surface area contributed by atoms with Gasteiger partial charge in [-0.3, -0.25) is 4.79 Å². The van der Waals surface area contributed by atoms with E-state index in [0.717, 1.165) is 41.0 Å². The van der Waals surface area contributed by atoms with E-state index < -0.39 is 0 Å². The van der Waals surface area contributed by atoms with Crippen molar-refractivity contribution < 1.29 is 19.1 Å². The van der Waals surface area contributed by atoms with Gasteiger partial charge in [-0.1, -0.05) is 29.2 Å². The normalized spacial score (nSPS) is 12.3. The SMILES string of the molecule is CCOC(=O)c1c(NC(=O)CSc2nnc(Nc3cc(C)ccc3OC)s2)sc2c1CCC2. The van der Waals surface area contributed by atoms with Gasteiger partial charge in [0.05, 0.1) is 30.7 Å². The molecular weight excluding hydrogens is 480 g/mol. The highest BCUT2D eigenvalue weighted by Crippen LogP contribution is 2.40. The maximum Gasteiger partial charge on any atom is 0.341 e. The number of esters is 1. The number of nitrogens with zero attached hydrogens (tertiary/aromatic N) is 2. The molecule has 0 spiro atoms. The molecular formula is C22H24N4O4S3. The predicted octanol–water partition coefficient (Wildman–Crippen LogP) is 5.06. The van der Waals surface area contributed by atoms with Crippen molar-refractivity contribution in [3.05, 3.63) is 39.8 Å². The number of rotatable bonds is 9. The number of ether oxygens (including phenoxy) is 2. The highest BCUT2D eigenvalue weighted by Gasteiger charge is 2.28. The third-order valence-electron chi connectivity index (χ3n) is 4.98. The first kappa shape index (κ1) is 23.5. The summed E-state index contributed by atoms with van der Waals surface area (Å²) in [7, 11) is 1.62. The molecule has 174 valence electrons. The second kappa shape index (κ2) is 10.5. The molecule has 3 aromatic rings. The van der Waals surface area contributed by atoms with Crippen LogP contribution in [-0.2, 0) is 22.4 Å². The van der Waals surface area contributed by atoms with Crippen LogP contribution in [0.3, 0.4) is 0 Å². The summed E-state index contributed by atoms with van der Waals surface area (Å²) in [6.07, 6.45) is 2.81. The molecule has 0 atom stereocenters. The largest absolute Gasteiger partial charge is 0.495 e. The zero-order chi connectivity index (χ0) is 23.4. The third-order valence-corrected chi connectivity index (χ3v) is 8.16. The van der Waals surface area contributed by atoms with E-state index in [0.29, 0.717) is 32.4 Å². The summed E-state index contributed by atoms with van der Waals surface area (Å²) in [5.74, 6) is 0.305. The van der Waals surface area contributed by atoms with Crippen molar-refractivity contribution in [3.8, 4) is 5.75 Å². The lowest BCUT2D eigenvalue weighted by Crippen LogP contribution is -2.16. The number of amides is 1. The Morgan fingerprint density at radius 1 is 1.21 bits per heavy atom. The Bertz CT molecular complexity index is 1170. The van der Waals surface area contributed by atoms with E-state index in [1.807, 2.05) is 25.1 Å². The molecule has 11 heteroatoms. The summed E-state index contributed by atoms with van der Waals surface area (Å²) in [6, 6.07) is 5.84. The van der Waals surface area contributed by atoms with Crippen molar-refractivity contribution >= 4 is 62.1 Å². The molecule has 0 radical (unpaired) electrons. The van der Waals surface area contributed by atoms with Crippen molar-refractivity contribution in [1.82, 2.24) is 10.2 Å². The van der Waals surface area contributed by atoms with Crippen molar-refractivity contribution in [1.29, 1.82) is 0 Å². The van der Waals surface area contributed by atoms with E-state index in [9.17, 15) is 9.59 Å². The van der Waals surface area contributed by atoms with E-state index >= 15 is 0 Å². The van der Waals surface area contributed by atoms with Crippen LogP contribution < -0.4 is 15.4 Å². The Kier molecular flexibility index (Phi) is 7.51. The van der Waals surface area contributed by atoms with Gasteiger partial charge in [-0.25, -0.2) is 4.79 Å². The highest BCUT2D eigenvalue weighted by atomic mass is 32.2. The van der Waals surface area contributed by atoms with Crippen molar-refractivity contribution in [2.75, 3.05) is 30.1 Å². The number of nitrogens with one attached hydrogen (secondary N) is 2. The van der Waals surface area contributed by atoms with Gasteiger partial charge in [0, 0.05) is 4.88 Å². The first-order chi connectivity index (χ1) is 16.0. The zero-order valence-electron chi connectivity index (χ0n) is 18.5. The summed E-state index contributed by atoms with van der Waals surface area (Å²) < 4.78 is 11.3. The smallest absolute Gasteiger partial charge is 0.341 e. The van der Waals surface area contributed by atoms with Crippen molar-refractivity contribution in [2.45, 2.75) is 37.4 Å². The Morgan fingerprint density at radius 2 is 2.06 bits per heavy atom. The molecule has 1 amide bonds. The lowest BCUT2D eigenvalue weighted by Gasteiger charge is -2.09. The van der Waals surface area contributed by atoms with Crippen LogP contribution >= 0.6 is 34.4 Å². The molecule has 2 heterocycles. The summed E-state index contributed by atoms with van der Waals surface area (Å²) in [4.78, 5) is 26.2. The van der Waals surface area contributed by atoms with E-state index in [4.69, 9.17) is 9.47 Å². The number of aromatic nitrogens is 2. The van der Waals surface area contributed by atoms with E-state index in [1.54, 1.807) is 14.0 Å². The molecule has 8 nitrogen and oxygen atoms in total. The minimum absolute atomic E-state index is 0.160. The molecule has 1 aromatic carbocycles. The van der Waals surface area contributed by atoms with Crippen LogP contribution in [0.4, 0.5) is 15.8 Å². The number of methoxy groups -OCH3 is 1. The number of hydrogen-bond acceptors (Lipinski definition) is 10. The van der Waals surface area contributed by atoms with Crippen molar-refractivity contribution in [2.24, 2.45) is 0 Å². The van der Waals surface area contributed by atoms with Gasteiger partial charge in [-0.05, 0) is 56.4 Å². The monoisotopic (exact) mass is 504 g/mol. The van der Waals surface area contributed by atoms with Gasteiger partial charge in [0.15, 0.2) is 4.34 Å². The number of fused-ring (bicyclic) bond motifs is 1. The number of benzene rings is 1. The van der Waals surface area contributed by atoms with Gasteiger partial charge in [-0.2, -0.15) is 0 Å². The lowest BCUT2D eigenvalue weighted by atomic mass is 10.1. The van der Waals surface area contributed by atoms with E-state index in [1.165, 1.54) is 34.4 Å². The van der Waals surface area contributed by atoms with Crippen LogP contribution in [-0.4, -0.2) is 41.5 Å². The second-order valence-corrected chi connectivity index (χ2v) is 10.6. The lowest BCUT2D eigenvalue weighted by molar-refractivity contribution is -0.113. The first-order valence-corrected chi connectivity index (χ1v) is 13.1. The number of carbonyl (C=O) groups is 2. The Labute approximate surface area is 204 Å². The van der Waals surface area contributed by atoms with Gasteiger partial charge in [0.1, 0.15) is 10.8 Å². The molecule has 33 heavy (non-hydrogen) atoms. The minimum atomic E-state index is -0.369. The number of thioether (sulfide) groups is 1. The first-order valence-electron chi connectivity index (χ1n) is 10.5. The minimum Gasteiger partial charge on any atom is -0.495 e. The van der Waals surface area contributed by atoms with Crippen LogP contribution in [0.25, 0.3) is 0 Å². The Hall–Kier alpha value is -2.63. The molecule has 1 aliphatic carbocycles. The summed E-state index contributed by atoms with van der Waals surface area (Å²) in [6.45, 7) is 4.08. The average Bonchev–Trinajstić information content (AvgIpc) is 3.49. The van der Waals surface area contributed by atoms with Gasteiger partial charge in [0.2, 0.25) is 11.0 Å². The molecule has 1 aliphatic rings. The number of hydrogen-bond donors (Lipinski definition) is 2. The predicted molar refractivity (Wildman–Crippen MR) is 133 cm³/mol. The van der Waals surface area contributed by atoms with Crippen LogP contribution in [0.1, 0.15) is 39.7 Å². The summed E-state index contributed by atoms with van der Waals surface area (Å²) in [5.41, 5.74) is 3.44. The molecule has 0 unspecified atom stereocenters. The van der Waals surface area contributed by atoms with Crippen LogP contribution in [0, 0.1) is 6.92 Å². The molecule has 2 N–H and O–H groups in total. The van der Waals surface area contributed by atoms with Crippen LogP contribution in [0.2, 0.25) is 0 Å². The van der Waals surface area contributed by atoms with Gasteiger partial charge in [-0.15, -0.1) is 21.5 Å². The Morgan fingerprint density at radius 3 is 2.85 bits per heavy atom. The average molecular weight is 505 g/mol. The summed E-state index contributed by atoms with van der Waals surface area (Å²) in [5, 5.41) is 15.6. The maximum absolute atomic E-state index is 12.6. The Balaban J connectivity index is 1.38. The fourth-order valence-electron chi connectivity index (χ4n) is 3.55. The second-order valence-electron chi connectivity index (χ2n) is 7.32. The number of carbonyl (C=O) groups excluding carboxylic acids is 2. The molecule has 0 bridgehead atoms. The number of thiophene rings is 1. The number of anilines is 3. The standard InChI is InChI=1S/C22H24N4O4S3/c1-4-30-20(28)18-13-6-5-7-16(13)32-19(18)24-17(27)11-31-22-26-25-21(33-22)23-14-10-12(2)8-9-15(14)29-3/h8-10H,4-7,11H2,1-3H3,(H,23,25)(H,24,27). The fraction of sp³-hybridized carbons (Fsp3) is 0.364. The number of aryl methyl sites for hydroxylation is 2. The topological polar surface area (TPSA) is 102 Å². The third kappa shape index (κ3) is 5.48.